The standard InChI is InChI=1S/C26H26N4O3/c31-21-12-10-20(11-13-21)28-14-16-29(17-15-28)26(32)18-30-24-9-5-4-8-23(24)27-25(30)19-33-22-6-2-1-3-7-22/h1-13,31H,14-19H2. The van der Waals surface area contributed by atoms with Crippen molar-refractivity contribution in [3.8, 4) is 11.5 Å². The van der Waals surface area contributed by atoms with E-state index in [2.05, 4.69) is 4.90 Å². The minimum Gasteiger partial charge on any atom is -0.508 e. The minimum absolute atomic E-state index is 0.0736. The molecule has 0 unspecified atom stereocenters. The van der Waals surface area contributed by atoms with Gasteiger partial charge in [-0.1, -0.05) is 30.3 Å². The number of nitrogens with zero attached hydrogens (tertiary/aromatic N) is 4. The summed E-state index contributed by atoms with van der Waals surface area (Å²) in [5.41, 5.74) is 2.84. The van der Waals surface area contributed by atoms with Gasteiger partial charge in [-0.15, -0.1) is 0 Å². The molecule has 33 heavy (non-hydrogen) atoms. The zero-order valence-electron chi connectivity index (χ0n) is 18.3. The van der Waals surface area contributed by atoms with Gasteiger partial charge in [-0.05, 0) is 48.5 Å². The highest BCUT2D eigenvalue weighted by atomic mass is 16.5. The number of aromatic nitrogens is 2. The number of fused-ring (bicyclic) bond motifs is 1. The monoisotopic (exact) mass is 442 g/mol. The molecule has 0 saturated carbocycles. The molecular formula is C26H26N4O3. The molecular weight excluding hydrogens is 416 g/mol. The molecule has 1 amide bonds. The van der Waals surface area contributed by atoms with Gasteiger partial charge in [-0.2, -0.15) is 0 Å². The van der Waals surface area contributed by atoms with Gasteiger partial charge in [0.2, 0.25) is 5.91 Å². The highest BCUT2D eigenvalue weighted by Crippen LogP contribution is 2.21. The fourth-order valence-electron chi connectivity index (χ4n) is 4.19. The van der Waals surface area contributed by atoms with Crippen LogP contribution >= 0.6 is 0 Å². The molecule has 0 aliphatic carbocycles. The molecule has 1 N–H and O–H groups in total. The molecule has 0 bridgehead atoms. The van der Waals surface area contributed by atoms with Crippen molar-refractivity contribution in [2.24, 2.45) is 0 Å². The molecule has 2 heterocycles. The normalized spacial score (nSPS) is 13.9. The molecule has 7 heteroatoms. The molecule has 1 fully saturated rings. The van der Waals surface area contributed by atoms with Crippen molar-refractivity contribution in [3.63, 3.8) is 0 Å². The van der Waals surface area contributed by atoms with Gasteiger partial charge >= 0.3 is 0 Å². The number of phenols is 1. The number of ether oxygens (including phenoxy) is 1. The van der Waals surface area contributed by atoms with Crippen LogP contribution in [0, 0.1) is 0 Å². The van der Waals surface area contributed by atoms with Crippen molar-refractivity contribution in [3.05, 3.63) is 84.7 Å². The Labute approximate surface area is 192 Å². The number of carbonyl (C=O) groups is 1. The number of piperazine rings is 1. The first-order chi connectivity index (χ1) is 16.2. The van der Waals surface area contributed by atoms with Crippen molar-refractivity contribution >= 4 is 22.6 Å². The molecule has 5 rings (SSSR count). The molecule has 1 aliphatic rings. The van der Waals surface area contributed by atoms with Crippen LogP contribution in [0.5, 0.6) is 11.5 Å². The highest BCUT2D eigenvalue weighted by Gasteiger charge is 2.23. The van der Waals surface area contributed by atoms with Crippen LogP contribution in [0.1, 0.15) is 5.82 Å². The van der Waals surface area contributed by atoms with E-state index in [0.29, 0.717) is 19.7 Å². The molecule has 7 nitrogen and oxygen atoms in total. The smallest absolute Gasteiger partial charge is 0.242 e. The highest BCUT2D eigenvalue weighted by molar-refractivity contribution is 5.81. The summed E-state index contributed by atoms with van der Waals surface area (Å²) in [6.07, 6.45) is 0. The number of anilines is 1. The van der Waals surface area contributed by atoms with Gasteiger partial charge in [0.15, 0.2) is 0 Å². The van der Waals surface area contributed by atoms with Gasteiger partial charge < -0.3 is 24.2 Å². The molecule has 0 spiro atoms. The van der Waals surface area contributed by atoms with Crippen molar-refractivity contribution < 1.29 is 14.6 Å². The zero-order chi connectivity index (χ0) is 22.6. The minimum atomic E-state index is 0.0736. The van der Waals surface area contributed by atoms with E-state index in [9.17, 15) is 9.90 Å². The number of hydrogen-bond donors (Lipinski definition) is 1. The lowest BCUT2D eigenvalue weighted by Gasteiger charge is -2.36. The third kappa shape index (κ3) is 4.62. The van der Waals surface area contributed by atoms with E-state index < -0.39 is 0 Å². The third-order valence-corrected chi connectivity index (χ3v) is 5.99. The number of para-hydroxylation sites is 3. The number of carbonyl (C=O) groups excluding carboxylic acids is 1. The molecule has 168 valence electrons. The number of hydrogen-bond acceptors (Lipinski definition) is 5. The van der Waals surface area contributed by atoms with Gasteiger partial charge in [0.1, 0.15) is 30.5 Å². The summed E-state index contributed by atoms with van der Waals surface area (Å²) in [6.45, 7) is 3.34. The van der Waals surface area contributed by atoms with E-state index in [4.69, 9.17) is 9.72 Å². The lowest BCUT2D eigenvalue weighted by molar-refractivity contribution is -0.132. The Morgan fingerprint density at radius 2 is 1.58 bits per heavy atom. The lowest BCUT2D eigenvalue weighted by atomic mass is 10.2. The van der Waals surface area contributed by atoms with Gasteiger partial charge in [-0.25, -0.2) is 4.98 Å². The van der Waals surface area contributed by atoms with Crippen LogP contribution in [-0.2, 0) is 17.9 Å². The van der Waals surface area contributed by atoms with Crippen LogP contribution in [-0.4, -0.2) is 51.6 Å². The van der Waals surface area contributed by atoms with Crippen molar-refractivity contribution in [2.75, 3.05) is 31.1 Å². The second kappa shape index (κ2) is 9.24. The largest absolute Gasteiger partial charge is 0.508 e. The fraction of sp³-hybridized carbons (Fsp3) is 0.231. The summed E-state index contributed by atoms with van der Waals surface area (Å²) in [7, 11) is 0. The molecule has 4 aromatic rings. The van der Waals surface area contributed by atoms with E-state index in [1.807, 2.05) is 76.2 Å². The maximum atomic E-state index is 13.2. The number of amides is 1. The summed E-state index contributed by atoms with van der Waals surface area (Å²) in [5.74, 6) is 1.83. The van der Waals surface area contributed by atoms with E-state index in [1.165, 1.54) is 0 Å². The van der Waals surface area contributed by atoms with E-state index in [-0.39, 0.29) is 18.2 Å². The Morgan fingerprint density at radius 1 is 0.879 bits per heavy atom. The van der Waals surface area contributed by atoms with Crippen molar-refractivity contribution in [2.45, 2.75) is 13.2 Å². The number of rotatable bonds is 6. The summed E-state index contributed by atoms with van der Waals surface area (Å²) >= 11 is 0. The number of benzene rings is 3. The van der Waals surface area contributed by atoms with Crippen LogP contribution in [0.3, 0.4) is 0 Å². The van der Waals surface area contributed by atoms with Crippen molar-refractivity contribution in [1.29, 1.82) is 0 Å². The third-order valence-electron chi connectivity index (χ3n) is 5.99. The molecule has 3 aromatic carbocycles. The predicted molar refractivity (Wildman–Crippen MR) is 127 cm³/mol. The molecule has 1 saturated heterocycles. The fourth-order valence-corrected chi connectivity index (χ4v) is 4.19. The summed E-state index contributed by atoms with van der Waals surface area (Å²) < 4.78 is 7.89. The van der Waals surface area contributed by atoms with Gasteiger partial charge in [-0.3, -0.25) is 4.79 Å². The number of phenolic OH excluding ortho intramolecular Hbond substituents is 1. The quantitative estimate of drug-likeness (QED) is 0.493. The number of imidazole rings is 1. The van der Waals surface area contributed by atoms with Crippen LogP contribution in [0.15, 0.2) is 78.9 Å². The van der Waals surface area contributed by atoms with Gasteiger partial charge in [0, 0.05) is 31.9 Å². The first-order valence-electron chi connectivity index (χ1n) is 11.1. The average Bonchev–Trinajstić information content (AvgIpc) is 3.21. The maximum Gasteiger partial charge on any atom is 0.242 e. The summed E-state index contributed by atoms with van der Waals surface area (Å²) in [6, 6.07) is 24.7. The van der Waals surface area contributed by atoms with E-state index >= 15 is 0 Å². The predicted octanol–water partition coefficient (Wildman–Crippen LogP) is 3.67. The lowest BCUT2D eigenvalue weighted by Crippen LogP contribution is -2.49. The Balaban J connectivity index is 1.28. The summed E-state index contributed by atoms with van der Waals surface area (Å²) in [4.78, 5) is 22.1. The molecule has 0 atom stereocenters. The zero-order valence-corrected chi connectivity index (χ0v) is 18.3. The van der Waals surface area contributed by atoms with E-state index in [1.54, 1.807) is 12.1 Å². The van der Waals surface area contributed by atoms with Crippen LogP contribution < -0.4 is 9.64 Å². The SMILES string of the molecule is O=C(Cn1c(COc2ccccc2)nc2ccccc21)N1CCN(c2ccc(O)cc2)CC1. The second-order valence-corrected chi connectivity index (χ2v) is 8.09. The summed E-state index contributed by atoms with van der Waals surface area (Å²) in [5, 5.41) is 9.51. The van der Waals surface area contributed by atoms with Gasteiger partial charge in [0.25, 0.3) is 0 Å². The Kier molecular flexibility index (Phi) is 5.85. The van der Waals surface area contributed by atoms with Gasteiger partial charge in [0.05, 0.1) is 11.0 Å². The van der Waals surface area contributed by atoms with Crippen molar-refractivity contribution in [1.82, 2.24) is 14.5 Å². The molecule has 0 radical (unpaired) electrons. The van der Waals surface area contributed by atoms with Crippen LogP contribution in [0.2, 0.25) is 0 Å². The second-order valence-electron chi connectivity index (χ2n) is 8.09. The van der Waals surface area contributed by atoms with E-state index in [0.717, 1.165) is 41.4 Å². The molecule has 1 aliphatic heterocycles. The first kappa shape index (κ1) is 20.9. The molecule has 1 aromatic heterocycles. The number of aromatic hydroxyl groups is 1. The van der Waals surface area contributed by atoms with Crippen LogP contribution in [0.4, 0.5) is 5.69 Å². The topological polar surface area (TPSA) is 70.8 Å². The Morgan fingerprint density at radius 3 is 2.33 bits per heavy atom. The Bertz CT molecular complexity index is 1230. The maximum absolute atomic E-state index is 13.2. The first-order valence-corrected chi connectivity index (χ1v) is 11.1. The Hall–Kier alpha value is -4.00. The average molecular weight is 443 g/mol. The van der Waals surface area contributed by atoms with Crippen LogP contribution in [0.25, 0.3) is 11.0 Å².